The molecule has 0 aliphatic heterocycles. The normalized spacial score (nSPS) is 13.7. The third-order valence-electron chi connectivity index (χ3n) is 10.2. The maximum Gasteiger partial charge on any atom is 0.419 e. The average Bonchev–Trinajstić information content (AvgIpc) is 3.19. The van der Waals surface area contributed by atoms with Crippen LogP contribution >= 0.6 is 0 Å². The second-order valence-electron chi connectivity index (χ2n) is 13.9. The Kier molecular flexibility index (Phi) is 11.6. The summed E-state index contributed by atoms with van der Waals surface area (Å²) in [4.78, 5) is 31.7. The Labute approximate surface area is 317 Å². The molecule has 0 aliphatic carbocycles. The van der Waals surface area contributed by atoms with Gasteiger partial charge in [0.25, 0.3) is 0 Å². The van der Waals surface area contributed by atoms with Crippen molar-refractivity contribution in [3.8, 4) is 11.5 Å². The lowest BCUT2D eigenvalue weighted by atomic mass is 9.97. The van der Waals surface area contributed by atoms with Crippen molar-refractivity contribution in [3.63, 3.8) is 0 Å². The number of rotatable bonds is 14. The predicted molar refractivity (Wildman–Crippen MR) is 213 cm³/mol. The number of esters is 2. The molecule has 2 unspecified atom stereocenters. The van der Waals surface area contributed by atoms with Gasteiger partial charge in [-0.2, -0.15) is 0 Å². The maximum atomic E-state index is 14.1. The number of carbonyl (C=O) groups excluding carboxylic acids is 2. The van der Waals surface area contributed by atoms with Crippen LogP contribution in [0.1, 0.15) is 35.1 Å². The molecule has 0 heterocycles. The second-order valence-corrected chi connectivity index (χ2v) is 13.9. The van der Waals surface area contributed by atoms with Crippen LogP contribution in [0.3, 0.4) is 0 Å². The molecule has 0 N–H and O–H groups in total. The zero-order valence-corrected chi connectivity index (χ0v) is 31.9. The molecule has 0 bridgehead atoms. The second kappa shape index (κ2) is 16.5. The van der Waals surface area contributed by atoms with Crippen LogP contribution in [-0.2, 0) is 30.5 Å². The number of carbonyl (C=O) groups is 2. The number of fused-ring (bicyclic) bond motifs is 2. The highest BCUT2D eigenvalue weighted by molar-refractivity contribution is 6.30. The fourth-order valence-corrected chi connectivity index (χ4v) is 7.14. The summed E-state index contributed by atoms with van der Waals surface area (Å²) in [5.41, 5.74) is 0.958. The molecule has 0 radical (unpaired) electrons. The first-order valence-electron chi connectivity index (χ1n) is 18.2. The van der Waals surface area contributed by atoms with E-state index in [4.69, 9.17) is 18.9 Å². The van der Waals surface area contributed by atoms with Crippen LogP contribution in [0.15, 0.2) is 133 Å². The Morgan fingerprint density at radius 1 is 0.463 bits per heavy atom. The summed E-state index contributed by atoms with van der Waals surface area (Å²) in [5, 5.41) is 4.19. The Balaban J connectivity index is 1.26. The third kappa shape index (κ3) is 7.81. The van der Waals surface area contributed by atoms with E-state index in [0.717, 1.165) is 44.2 Å². The van der Waals surface area contributed by atoms with E-state index in [2.05, 4.69) is 26.0 Å². The highest BCUT2D eigenvalue weighted by atomic mass is 16.6. The Morgan fingerprint density at radius 2 is 0.796 bits per heavy atom. The molecule has 0 fully saturated rings. The van der Waals surface area contributed by atoms with Crippen LogP contribution in [0.5, 0.6) is 11.5 Å². The van der Waals surface area contributed by atoms with E-state index in [0.29, 0.717) is 11.1 Å². The minimum Gasteiger partial charge on any atom is -0.493 e. The molecular formula is C46H48N2O6. The quantitative estimate of drug-likeness (QED) is 0.0627. The van der Waals surface area contributed by atoms with E-state index in [9.17, 15) is 9.59 Å². The first-order chi connectivity index (χ1) is 26.1. The van der Waals surface area contributed by atoms with E-state index in [-0.39, 0.29) is 26.1 Å². The number of ether oxygens (including phenoxy) is 4. The lowest BCUT2D eigenvalue weighted by Crippen LogP contribution is -2.51. The van der Waals surface area contributed by atoms with Crippen molar-refractivity contribution in [1.82, 2.24) is 9.80 Å². The smallest absolute Gasteiger partial charge is 0.419 e. The SMILES string of the molecule is Cc1ccc(OCCC(OC(=O)C(=O)OC(CCOc2ccc(C)c3ccccc23)(c2ccccc2)N(C)C)(c2ccccc2)N(C)C)c2ccccc12. The highest BCUT2D eigenvalue weighted by Crippen LogP contribution is 2.37. The molecule has 278 valence electrons. The van der Waals surface area contributed by atoms with Gasteiger partial charge >= 0.3 is 11.9 Å². The van der Waals surface area contributed by atoms with Crippen molar-refractivity contribution in [2.24, 2.45) is 0 Å². The summed E-state index contributed by atoms with van der Waals surface area (Å²) in [7, 11) is 7.25. The van der Waals surface area contributed by atoms with Crippen LogP contribution in [0, 0.1) is 13.8 Å². The minimum absolute atomic E-state index is 0.194. The van der Waals surface area contributed by atoms with Crippen molar-refractivity contribution in [1.29, 1.82) is 0 Å². The number of hydrogen-bond acceptors (Lipinski definition) is 8. The first-order valence-corrected chi connectivity index (χ1v) is 18.2. The Hall–Kier alpha value is -5.70. The summed E-state index contributed by atoms with van der Waals surface area (Å²) >= 11 is 0. The molecule has 0 aliphatic rings. The van der Waals surface area contributed by atoms with Crippen molar-refractivity contribution >= 4 is 33.5 Å². The van der Waals surface area contributed by atoms with E-state index >= 15 is 0 Å². The van der Waals surface area contributed by atoms with Crippen LogP contribution in [0.4, 0.5) is 0 Å². The van der Waals surface area contributed by atoms with Gasteiger partial charge < -0.3 is 18.9 Å². The van der Waals surface area contributed by atoms with Crippen molar-refractivity contribution in [2.75, 3.05) is 41.4 Å². The zero-order chi connectivity index (χ0) is 38.3. The maximum absolute atomic E-state index is 14.1. The first kappa shape index (κ1) is 38.0. The van der Waals surface area contributed by atoms with Gasteiger partial charge in [0.15, 0.2) is 11.4 Å². The average molecular weight is 725 g/mol. The molecule has 8 nitrogen and oxygen atoms in total. The molecule has 54 heavy (non-hydrogen) atoms. The third-order valence-corrected chi connectivity index (χ3v) is 10.2. The lowest BCUT2D eigenvalue weighted by molar-refractivity contribution is -0.212. The number of benzene rings is 6. The van der Waals surface area contributed by atoms with Crippen LogP contribution in [-0.4, -0.2) is 63.1 Å². The van der Waals surface area contributed by atoms with Gasteiger partial charge in [-0.1, -0.05) is 121 Å². The summed E-state index contributed by atoms with van der Waals surface area (Å²) in [6.07, 6.45) is 0.447. The minimum atomic E-state index is -1.36. The number of hydrogen-bond donors (Lipinski definition) is 0. The molecule has 2 atom stereocenters. The number of nitrogens with zero attached hydrogens (tertiary/aromatic N) is 2. The van der Waals surface area contributed by atoms with Gasteiger partial charge in [-0.25, -0.2) is 9.59 Å². The highest BCUT2D eigenvalue weighted by Gasteiger charge is 2.45. The molecule has 6 aromatic rings. The van der Waals surface area contributed by atoms with Crippen LogP contribution < -0.4 is 9.47 Å². The van der Waals surface area contributed by atoms with Crippen LogP contribution in [0.25, 0.3) is 21.5 Å². The monoisotopic (exact) mass is 724 g/mol. The van der Waals surface area contributed by atoms with E-state index in [1.807, 2.05) is 150 Å². The van der Waals surface area contributed by atoms with Crippen molar-refractivity contribution < 1.29 is 28.5 Å². The van der Waals surface area contributed by atoms with E-state index in [1.165, 1.54) is 0 Å². The van der Waals surface area contributed by atoms with Gasteiger partial charge in [-0.15, -0.1) is 0 Å². The van der Waals surface area contributed by atoms with E-state index < -0.39 is 23.4 Å². The standard InChI is InChI=1S/C46H48N2O6/c1-33-25-27-41(39-23-15-13-21-37(33)39)51-31-29-45(47(3)4,35-17-9-7-10-18-35)53-43(49)44(50)54-46(48(5)6,36-19-11-8-12-20-36)30-32-52-42-28-26-34(2)38-22-14-16-24-40(38)42/h7-28H,29-32H2,1-6H3. The molecular weight excluding hydrogens is 677 g/mol. The van der Waals surface area contributed by atoms with Gasteiger partial charge in [-0.05, 0) is 76.1 Å². The van der Waals surface area contributed by atoms with Gasteiger partial charge in [0.2, 0.25) is 0 Å². The fraction of sp³-hybridized carbons (Fsp3) is 0.261. The molecule has 6 rings (SSSR count). The van der Waals surface area contributed by atoms with E-state index in [1.54, 1.807) is 9.80 Å². The molecule has 0 amide bonds. The lowest BCUT2D eigenvalue weighted by Gasteiger charge is -2.41. The fourth-order valence-electron chi connectivity index (χ4n) is 7.14. The van der Waals surface area contributed by atoms with Crippen molar-refractivity contribution in [2.45, 2.75) is 38.1 Å². The molecule has 0 aromatic heterocycles. The molecule has 6 aromatic carbocycles. The van der Waals surface area contributed by atoms with Crippen molar-refractivity contribution in [3.05, 3.63) is 156 Å². The molecule has 0 saturated heterocycles. The van der Waals surface area contributed by atoms with Gasteiger partial charge in [-0.3, -0.25) is 9.80 Å². The molecule has 8 heteroatoms. The summed E-state index contributed by atoms with van der Waals surface area (Å²) in [6, 6.07) is 42.9. The summed E-state index contributed by atoms with van der Waals surface area (Å²) in [5.74, 6) is -0.800. The topological polar surface area (TPSA) is 77.5 Å². The van der Waals surface area contributed by atoms with Crippen LogP contribution in [0.2, 0.25) is 0 Å². The summed E-state index contributed by atoms with van der Waals surface area (Å²) < 4.78 is 25.3. The van der Waals surface area contributed by atoms with Gasteiger partial charge in [0, 0.05) is 34.7 Å². The van der Waals surface area contributed by atoms with Gasteiger partial charge in [0.05, 0.1) is 13.2 Å². The molecule has 0 spiro atoms. The Morgan fingerprint density at radius 3 is 1.15 bits per heavy atom. The largest absolute Gasteiger partial charge is 0.493 e. The zero-order valence-electron chi connectivity index (χ0n) is 31.9. The Bertz CT molecular complexity index is 2060. The van der Waals surface area contributed by atoms with Gasteiger partial charge in [0.1, 0.15) is 11.5 Å². The molecule has 0 saturated carbocycles. The number of aryl methyl sites for hydroxylation is 2. The predicted octanol–water partition coefficient (Wildman–Crippen LogP) is 8.76. The summed E-state index contributed by atoms with van der Waals surface area (Å²) in [6.45, 7) is 4.52.